The molecule has 0 radical (unpaired) electrons. The molecule has 0 fully saturated rings. The van der Waals surface area contributed by atoms with Crippen LogP contribution in [-0.4, -0.2) is 29.2 Å². The van der Waals surface area contributed by atoms with Crippen molar-refractivity contribution in [3.8, 4) is 0 Å². The number of carbonyl (C=O) groups excluding carboxylic acids is 1. The molecule has 15 heavy (non-hydrogen) atoms. The maximum Gasteiger partial charge on any atom is 0.471 e. The molecule has 0 aromatic rings. The Labute approximate surface area is 84.5 Å². The molecule has 0 bridgehead atoms. The Morgan fingerprint density at radius 3 is 2.27 bits per heavy atom. The first kappa shape index (κ1) is 13.7. The summed E-state index contributed by atoms with van der Waals surface area (Å²) in [5, 5.41) is 10.0. The van der Waals surface area contributed by atoms with Crippen molar-refractivity contribution >= 4 is 11.9 Å². The zero-order chi connectivity index (χ0) is 12.1. The Balaban J connectivity index is 4.28. The van der Waals surface area contributed by atoms with Crippen LogP contribution in [0.2, 0.25) is 0 Å². The number of carboxylic acids is 1. The number of carbonyl (C=O) groups is 2. The number of aliphatic carboxylic acids is 1. The van der Waals surface area contributed by atoms with Crippen molar-refractivity contribution in [1.82, 2.24) is 5.32 Å². The van der Waals surface area contributed by atoms with Crippen LogP contribution in [0.3, 0.4) is 0 Å². The van der Waals surface area contributed by atoms with Crippen LogP contribution in [0.25, 0.3) is 0 Å². The van der Waals surface area contributed by atoms with Gasteiger partial charge in [-0.2, -0.15) is 13.2 Å². The Kier molecular flexibility index (Phi) is 5.10. The standard InChI is InChI=1S/C8H12F3NO3/c1-2-3-5(4-6(13)14)12-7(15)8(9,10)11/h5H,2-4H2,1H3,(H,12,15)(H,13,14)/t5-/m0/s1. The number of amides is 1. The normalized spacial score (nSPS) is 13.3. The van der Waals surface area contributed by atoms with Crippen LogP contribution in [0.15, 0.2) is 0 Å². The zero-order valence-electron chi connectivity index (χ0n) is 8.10. The van der Waals surface area contributed by atoms with Gasteiger partial charge in [0.05, 0.1) is 6.42 Å². The van der Waals surface area contributed by atoms with Crippen LogP contribution < -0.4 is 5.32 Å². The summed E-state index contributed by atoms with van der Waals surface area (Å²) in [6.45, 7) is 1.69. The average Bonchev–Trinajstić information content (AvgIpc) is 2.01. The Morgan fingerprint density at radius 2 is 1.93 bits per heavy atom. The molecule has 2 N–H and O–H groups in total. The number of halogens is 3. The van der Waals surface area contributed by atoms with E-state index in [2.05, 4.69) is 0 Å². The monoisotopic (exact) mass is 227 g/mol. The molecule has 0 rings (SSSR count). The molecule has 7 heteroatoms. The first-order valence-corrected chi connectivity index (χ1v) is 4.36. The highest BCUT2D eigenvalue weighted by molar-refractivity contribution is 5.82. The Bertz CT molecular complexity index is 240. The smallest absolute Gasteiger partial charge is 0.471 e. The molecule has 0 spiro atoms. The number of nitrogens with one attached hydrogen (secondary N) is 1. The SMILES string of the molecule is CCC[C@@H](CC(=O)O)NC(=O)C(F)(F)F. The molecule has 0 aliphatic rings. The molecule has 0 saturated carbocycles. The van der Waals surface area contributed by atoms with Crippen molar-refractivity contribution in [3.05, 3.63) is 0 Å². The second-order valence-electron chi connectivity index (χ2n) is 3.05. The summed E-state index contributed by atoms with van der Waals surface area (Å²) in [6.07, 6.45) is -4.77. The van der Waals surface area contributed by atoms with E-state index in [-0.39, 0.29) is 6.42 Å². The van der Waals surface area contributed by atoms with Crippen LogP contribution in [0, 0.1) is 0 Å². The highest BCUT2D eigenvalue weighted by Gasteiger charge is 2.39. The van der Waals surface area contributed by atoms with Gasteiger partial charge in [0.2, 0.25) is 0 Å². The Hall–Kier alpha value is -1.27. The fourth-order valence-corrected chi connectivity index (χ4v) is 1.05. The minimum Gasteiger partial charge on any atom is -0.481 e. The van der Waals surface area contributed by atoms with E-state index in [9.17, 15) is 22.8 Å². The summed E-state index contributed by atoms with van der Waals surface area (Å²) < 4.78 is 35.5. The summed E-state index contributed by atoms with van der Waals surface area (Å²) in [6, 6.07) is -0.971. The molecule has 1 atom stereocenters. The number of carboxylic acid groups (broad SMARTS) is 1. The van der Waals surface area contributed by atoms with Crippen molar-refractivity contribution in [2.75, 3.05) is 0 Å². The first-order chi connectivity index (χ1) is 6.77. The van der Waals surface area contributed by atoms with Crippen LogP contribution >= 0.6 is 0 Å². The highest BCUT2D eigenvalue weighted by Crippen LogP contribution is 2.15. The Morgan fingerprint density at radius 1 is 1.40 bits per heavy atom. The van der Waals surface area contributed by atoms with Gasteiger partial charge in [0.1, 0.15) is 0 Å². The molecule has 0 unspecified atom stereocenters. The summed E-state index contributed by atoms with van der Waals surface area (Å²) in [7, 11) is 0. The van der Waals surface area contributed by atoms with Gasteiger partial charge in [0.15, 0.2) is 0 Å². The zero-order valence-corrected chi connectivity index (χ0v) is 8.10. The summed E-state index contributed by atoms with van der Waals surface area (Å²) in [4.78, 5) is 20.8. The van der Waals surface area contributed by atoms with Gasteiger partial charge in [-0.15, -0.1) is 0 Å². The van der Waals surface area contributed by atoms with Crippen LogP contribution in [0.5, 0.6) is 0 Å². The molecule has 0 aromatic carbocycles. The molecule has 0 aromatic heterocycles. The van der Waals surface area contributed by atoms with Crippen molar-refractivity contribution in [3.63, 3.8) is 0 Å². The van der Waals surface area contributed by atoms with Crippen molar-refractivity contribution in [1.29, 1.82) is 0 Å². The molecule has 0 aliphatic heterocycles. The van der Waals surface area contributed by atoms with Crippen molar-refractivity contribution in [2.45, 2.75) is 38.4 Å². The third-order valence-electron chi connectivity index (χ3n) is 1.65. The third kappa shape index (κ3) is 5.92. The van der Waals surface area contributed by atoms with Gasteiger partial charge < -0.3 is 10.4 Å². The molecule has 4 nitrogen and oxygen atoms in total. The first-order valence-electron chi connectivity index (χ1n) is 4.36. The predicted molar refractivity (Wildman–Crippen MR) is 45.1 cm³/mol. The summed E-state index contributed by atoms with van der Waals surface area (Å²) in [5.74, 6) is -3.34. The molecule has 88 valence electrons. The lowest BCUT2D eigenvalue weighted by molar-refractivity contribution is -0.174. The molecular weight excluding hydrogens is 215 g/mol. The van der Waals surface area contributed by atoms with Gasteiger partial charge in [-0.3, -0.25) is 9.59 Å². The number of alkyl halides is 3. The molecular formula is C8H12F3NO3. The second kappa shape index (κ2) is 5.57. The molecule has 1 amide bonds. The lowest BCUT2D eigenvalue weighted by Gasteiger charge is -2.16. The van der Waals surface area contributed by atoms with Crippen LogP contribution in [-0.2, 0) is 9.59 Å². The van der Waals surface area contributed by atoms with E-state index < -0.39 is 30.5 Å². The molecule has 0 heterocycles. The van der Waals surface area contributed by atoms with Crippen LogP contribution in [0.4, 0.5) is 13.2 Å². The molecule has 0 aliphatic carbocycles. The second-order valence-corrected chi connectivity index (χ2v) is 3.05. The average molecular weight is 227 g/mol. The van der Waals surface area contributed by atoms with E-state index in [1.807, 2.05) is 0 Å². The van der Waals surface area contributed by atoms with E-state index in [1.54, 1.807) is 12.2 Å². The van der Waals surface area contributed by atoms with Gasteiger partial charge >= 0.3 is 18.1 Å². The minimum atomic E-state index is -4.97. The minimum absolute atomic E-state index is 0.203. The predicted octanol–water partition coefficient (Wildman–Crippen LogP) is 1.31. The molecule has 0 saturated heterocycles. The van der Waals surface area contributed by atoms with Gasteiger partial charge in [-0.1, -0.05) is 13.3 Å². The summed E-state index contributed by atoms with van der Waals surface area (Å²) in [5.41, 5.74) is 0. The van der Waals surface area contributed by atoms with Gasteiger partial charge in [-0.05, 0) is 6.42 Å². The van der Waals surface area contributed by atoms with E-state index in [0.29, 0.717) is 6.42 Å². The van der Waals surface area contributed by atoms with Gasteiger partial charge in [0, 0.05) is 6.04 Å². The largest absolute Gasteiger partial charge is 0.481 e. The maximum absolute atomic E-state index is 11.8. The number of hydrogen-bond acceptors (Lipinski definition) is 2. The summed E-state index contributed by atoms with van der Waals surface area (Å²) >= 11 is 0. The lowest BCUT2D eigenvalue weighted by Crippen LogP contribution is -2.43. The quantitative estimate of drug-likeness (QED) is 0.744. The van der Waals surface area contributed by atoms with E-state index in [0.717, 1.165) is 0 Å². The fraction of sp³-hybridized carbons (Fsp3) is 0.750. The topological polar surface area (TPSA) is 66.4 Å². The van der Waals surface area contributed by atoms with E-state index in [4.69, 9.17) is 5.11 Å². The van der Waals surface area contributed by atoms with E-state index >= 15 is 0 Å². The third-order valence-corrected chi connectivity index (χ3v) is 1.65. The fourth-order valence-electron chi connectivity index (χ4n) is 1.05. The van der Waals surface area contributed by atoms with Crippen LogP contribution in [0.1, 0.15) is 26.2 Å². The number of rotatable bonds is 5. The highest BCUT2D eigenvalue weighted by atomic mass is 19.4. The van der Waals surface area contributed by atoms with Gasteiger partial charge in [-0.25, -0.2) is 0 Å². The lowest BCUT2D eigenvalue weighted by atomic mass is 10.1. The van der Waals surface area contributed by atoms with E-state index in [1.165, 1.54) is 0 Å². The van der Waals surface area contributed by atoms with Gasteiger partial charge in [0.25, 0.3) is 0 Å². The maximum atomic E-state index is 11.8. The number of hydrogen-bond donors (Lipinski definition) is 2. The van der Waals surface area contributed by atoms with Crippen molar-refractivity contribution in [2.24, 2.45) is 0 Å². The van der Waals surface area contributed by atoms with Crippen molar-refractivity contribution < 1.29 is 27.9 Å².